The number of pyridine rings is 1. The molecule has 33 heavy (non-hydrogen) atoms. The highest BCUT2D eigenvalue weighted by Gasteiger charge is 2.57. The molecule has 0 unspecified atom stereocenters. The molecule has 1 N–H and O–H groups in total. The van der Waals surface area contributed by atoms with E-state index in [0.717, 1.165) is 47.9 Å². The number of ether oxygens (including phenoxy) is 1. The van der Waals surface area contributed by atoms with Gasteiger partial charge in [0.05, 0.1) is 42.7 Å². The third kappa shape index (κ3) is 2.65. The molecule has 2 saturated heterocycles. The monoisotopic (exact) mass is 464 g/mol. The summed E-state index contributed by atoms with van der Waals surface area (Å²) in [5.41, 5.74) is 3.90. The summed E-state index contributed by atoms with van der Waals surface area (Å²) in [6, 6.07) is 5.85. The van der Waals surface area contributed by atoms with Crippen LogP contribution in [-0.2, 0) is 4.74 Å². The van der Waals surface area contributed by atoms with E-state index in [9.17, 15) is 14.7 Å². The Bertz CT molecular complexity index is 1400. The van der Waals surface area contributed by atoms with Crippen LogP contribution in [0.4, 0.5) is 0 Å². The summed E-state index contributed by atoms with van der Waals surface area (Å²) in [5, 5.41) is 16.9. The second-order valence-electron chi connectivity index (χ2n) is 9.53. The van der Waals surface area contributed by atoms with Gasteiger partial charge in [0, 0.05) is 40.2 Å². The first kappa shape index (κ1) is 19.4. The number of rotatable bonds is 3. The molecule has 5 heterocycles. The summed E-state index contributed by atoms with van der Waals surface area (Å²) in [5.74, 6) is -1.20. The second-order valence-corrected chi connectivity index (χ2v) is 9.94. The average Bonchev–Trinajstić information content (AvgIpc) is 3.19. The Labute approximate surface area is 193 Å². The Balaban J connectivity index is 1.42. The summed E-state index contributed by atoms with van der Waals surface area (Å²) in [4.78, 5) is 24.3. The quantitative estimate of drug-likeness (QED) is 0.636. The van der Waals surface area contributed by atoms with E-state index in [1.54, 1.807) is 0 Å². The van der Waals surface area contributed by atoms with Crippen molar-refractivity contribution in [1.82, 2.24) is 14.5 Å². The van der Waals surface area contributed by atoms with Crippen LogP contribution in [0.3, 0.4) is 0 Å². The molecular weight excluding hydrogens is 444 g/mol. The number of fused-ring (bicyclic) bond motifs is 7. The van der Waals surface area contributed by atoms with Gasteiger partial charge in [0.25, 0.3) is 0 Å². The van der Waals surface area contributed by atoms with Gasteiger partial charge in [-0.1, -0.05) is 11.6 Å². The zero-order chi connectivity index (χ0) is 22.5. The number of aromatic nitrogens is 3. The molecule has 3 aromatic rings. The number of carboxylic acids is 1. The van der Waals surface area contributed by atoms with Crippen molar-refractivity contribution in [2.24, 2.45) is 0 Å². The Morgan fingerprint density at radius 2 is 1.97 bits per heavy atom. The summed E-state index contributed by atoms with van der Waals surface area (Å²) < 4.78 is 9.12. The number of nitrogens with zero attached hydrogens (tertiary/aromatic N) is 4. The molecule has 3 fully saturated rings. The molecule has 1 spiro atoms. The van der Waals surface area contributed by atoms with Crippen LogP contribution in [0, 0.1) is 0 Å². The third-order valence-electron chi connectivity index (χ3n) is 7.67. The van der Waals surface area contributed by atoms with Crippen LogP contribution in [-0.4, -0.2) is 44.3 Å². The van der Waals surface area contributed by atoms with E-state index in [1.807, 2.05) is 27.8 Å². The first-order valence-electron chi connectivity index (χ1n) is 11.2. The summed E-state index contributed by atoms with van der Waals surface area (Å²) in [6.07, 6.45) is 9.50. The normalized spacial score (nSPS) is 22.0. The first-order valence-corrected chi connectivity index (χ1v) is 11.6. The Morgan fingerprint density at radius 3 is 2.67 bits per heavy atom. The molecule has 0 bridgehead atoms. The highest BCUT2D eigenvalue weighted by molar-refractivity contribution is 6.33. The van der Waals surface area contributed by atoms with Crippen LogP contribution in [0.15, 0.2) is 41.6 Å². The predicted molar refractivity (Wildman–Crippen MR) is 121 cm³/mol. The smallest absolute Gasteiger partial charge is 0.341 e. The molecule has 0 radical (unpaired) electrons. The van der Waals surface area contributed by atoms with E-state index >= 15 is 0 Å². The Hall–Kier alpha value is -3.10. The maximum absolute atomic E-state index is 12.6. The number of carbonyl (C=O) groups is 1. The lowest BCUT2D eigenvalue weighted by molar-refractivity contribution is -0.0286. The molecule has 4 aliphatic rings. The van der Waals surface area contributed by atoms with Crippen LogP contribution < -0.4 is 10.4 Å². The number of hydrogen-bond donors (Lipinski definition) is 1. The zero-order valence-corrected chi connectivity index (χ0v) is 18.5. The standard InChI is InChI=1S/C24H21ClN4O4/c25-19-6-17-16(5-15(19)13-8-26-27(9-13)14-11-33-12-14)20-1-2-24(3-4-24)29(20)28-10-18(23(31)32)22(30)7-21(17)28/h5-10,14,20H,1-4,11-12H2,(H,31,32)/t20-/m1/s1. The van der Waals surface area contributed by atoms with Crippen LogP contribution in [0.25, 0.3) is 22.4 Å². The average molecular weight is 465 g/mol. The molecule has 2 aromatic heterocycles. The molecule has 0 amide bonds. The fraction of sp³-hybridized carbons (Fsp3) is 0.375. The van der Waals surface area contributed by atoms with Gasteiger partial charge in [-0.2, -0.15) is 5.10 Å². The Kier molecular flexibility index (Phi) is 3.81. The van der Waals surface area contributed by atoms with E-state index < -0.39 is 11.4 Å². The van der Waals surface area contributed by atoms with Gasteiger partial charge in [-0.05, 0) is 43.4 Å². The molecule has 168 valence electrons. The SMILES string of the molecule is O=C(O)c1cn2c(cc1=O)-c1cc(Cl)c(-c3cnn(C4COC4)c3)cc1[C@H]1CCC3(CC3)N12. The molecule has 1 aliphatic carbocycles. The molecular formula is C24H21ClN4O4. The van der Waals surface area contributed by atoms with Gasteiger partial charge < -0.3 is 9.84 Å². The minimum atomic E-state index is -1.20. The molecule has 8 nitrogen and oxygen atoms in total. The lowest BCUT2D eigenvalue weighted by Gasteiger charge is -2.41. The van der Waals surface area contributed by atoms with Gasteiger partial charge in [-0.15, -0.1) is 0 Å². The number of aromatic carboxylic acids is 1. The lowest BCUT2D eigenvalue weighted by atomic mass is 9.91. The van der Waals surface area contributed by atoms with Crippen molar-refractivity contribution in [3.8, 4) is 22.4 Å². The third-order valence-corrected chi connectivity index (χ3v) is 7.98. The highest BCUT2D eigenvalue weighted by Crippen LogP contribution is 2.58. The van der Waals surface area contributed by atoms with E-state index in [0.29, 0.717) is 23.9 Å². The molecule has 9 heteroatoms. The first-order chi connectivity index (χ1) is 15.9. The molecule has 1 aromatic carbocycles. The van der Waals surface area contributed by atoms with Crippen molar-refractivity contribution in [3.63, 3.8) is 0 Å². The van der Waals surface area contributed by atoms with Crippen molar-refractivity contribution >= 4 is 17.6 Å². The van der Waals surface area contributed by atoms with Crippen LogP contribution in [0.5, 0.6) is 0 Å². The van der Waals surface area contributed by atoms with Crippen molar-refractivity contribution in [2.45, 2.75) is 43.3 Å². The summed E-state index contributed by atoms with van der Waals surface area (Å²) in [6.45, 7) is 1.34. The fourth-order valence-corrected chi connectivity index (χ4v) is 5.96. The minimum Gasteiger partial charge on any atom is -0.477 e. The number of carboxylic acid groups (broad SMARTS) is 1. The second kappa shape index (κ2) is 6.48. The van der Waals surface area contributed by atoms with Gasteiger partial charge >= 0.3 is 5.97 Å². The Morgan fingerprint density at radius 1 is 1.15 bits per heavy atom. The lowest BCUT2D eigenvalue weighted by Crippen LogP contribution is -2.46. The van der Waals surface area contributed by atoms with E-state index in [2.05, 4.69) is 16.2 Å². The molecule has 7 rings (SSSR count). The number of benzene rings is 1. The fourth-order valence-electron chi connectivity index (χ4n) is 5.69. The maximum atomic E-state index is 12.6. The predicted octanol–water partition coefficient (Wildman–Crippen LogP) is 3.62. The topological polar surface area (TPSA) is 89.6 Å². The van der Waals surface area contributed by atoms with Crippen molar-refractivity contribution in [1.29, 1.82) is 0 Å². The number of hydrogen-bond acceptors (Lipinski definition) is 5. The van der Waals surface area contributed by atoms with Crippen LogP contribution in [0.2, 0.25) is 5.02 Å². The van der Waals surface area contributed by atoms with Crippen molar-refractivity contribution < 1.29 is 14.6 Å². The van der Waals surface area contributed by atoms with E-state index in [1.165, 1.54) is 12.3 Å². The number of halogens is 1. The molecule has 3 aliphatic heterocycles. The largest absolute Gasteiger partial charge is 0.477 e. The van der Waals surface area contributed by atoms with Crippen molar-refractivity contribution in [3.05, 3.63) is 63.2 Å². The van der Waals surface area contributed by atoms with Gasteiger partial charge in [-0.25, -0.2) is 4.79 Å². The van der Waals surface area contributed by atoms with E-state index in [4.69, 9.17) is 16.3 Å². The van der Waals surface area contributed by atoms with Crippen molar-refractivity contribution in [2.75, 3.05) is 18.2 Å². The molecule has 1 saturated carbocycles. The van der Waals surface area contributed by atoms with Gasteiger partial charge in [0.15, 0.2) is 5.43 Å². The zero-order valence-electron chi connectivity index (χ0n) is 17.7. The van der Waals surface area contributed by atoms with Crippen LogP contribution >= 0.6 is 11.6 Å². The summed E-state index contributed by atoms with van der Waals surface area (Å²) >= 11 is 6.77. The molecule has 1 atom stereocenters. The van der Waals surface area contributed by atoms with E-state index in [-0.39, 0.29) is 23.2 Å². The minimum absolute atomic E-state index is 0.0385. The van der Waals surface area contributed by atoms with Gasteiger partial charge in [0.2, 0.25) is 0 Å². The maximum Gasteiger partial charge on any atom is 0.341 e. The van der Waals surface area contributed by atoms with Gasteiger partial charge in [0.1, 0.15) is 5.56 Å². The van der Waals surface area contributed by atoms with Crippen LogP contribution in [0.1, 0.15) is 53.7 Å². The summed E-state index contributed by atoms with van der Waals surface area (Å²) in [7, 11) is 0. The highest BCUT2D eigenvalue weighted by atomic mass is 35.5. The van der Waals surface area contributed by atoms with Gasteiger partial charge in [-0.3, -0.25) is 19.2 Å².